The molecule has 124 valence electrons. The largest absolute Gasteiger partial charge is 0.392 e. The fraction of sp³-hybridized carbons (Fsp3) is 0.588. The Labute approximate surface area is 137 Å². The number of aliphatic hydroxyl groups excluding tert-OH is 1. The maximum Gasteiger partial charge on any atom is 0.181 e. The second kappa shape index (κ2) is 7.66. The molecule has 1 saturated heterocycles. The van der Waals surface area contributed by atoms with Gasteiger partial charge in [-0.15, -0.1) is 0 Å². The van der Waals surface area contributed by atoms with E-state index in [1.54, 1.807) is 12.4 Å². The van der Waals surface area contributed by atoms with Crippen molar-refractivity contribution in [1.29, 1.82) is 0 Å². The van der Waals surface area contributed by atoms with Gasteiger partial charge in [-0.05, 0) is 37.9 Å². The summed E-state index contributed by atoms with van der Waals surface area (Å²) in [7, 11) is 0. The number of likely N-dealkylation sites (tertiary alicyclic amines) is 1. The Morgan fingerprint density at radius 2 is 2.13 bits per heavy atom. The molecule has 23 heavy (non-hydrogen) atoms. The van der Waals surface area contributed by atoms with Crippen molar-refractivity contribution >= 4 is 0 Å². The molecule has 0 aliphatic carbocycles. The molecule has 3 rings (SSSR count). The molecule has 3 heterocycles. The lowest BCUT2D eigenvalue weighted by molar-refractivity contribution is 0.0647. The second-order valence-corrected chi connectivity index (χ2v) is 6.20. The average molecular weight is 315 g/mol. The first-order valence-corrected chi connectivity index (χ1v) is 8.51. The van der Waals surface area contributed by atoms with Crippen LogP contribution in [0.5, 0.6) is 0 Å². The van der Waals surface area contributed by atoms with Gasteiger partial charge in [-0.1, -0.05) is 13.3 Å². The first-order valence-electron chi connectivity index (χ1n) is 8.51. The summed E-state index contributed by atoms with van der Waals surface area (Å²) in [6.07, 6.45) is 7.49. The Kier molecular flexibility index (Phi) is 5.35. The van der Waals surface area contributed by atoms with Crippen LogP contribution in [0.25, 0.3) is 11.4 Å². The van der Waals surface area contributed by atoms with Crippen LogP contribution >= 0.6 is 0 Å². The van der Waals surface area contributed by atoms with Crippen LogP contribution in [0.15, 0.2) is 24.5 Å². The van der Waals surface area contributed by atoms with Gasteiger partial charge in [-0.25, -0.2) is 9.67 Å². The van der Waals surface area contributed by atoms with Crippen LogP contribution in [-0.4, -0.2) is 48.9 Å². The van der Waals surface area contributed by atoms with E-state index in [0.29, 0.717) is 0 Å². The van der Waals surface area contributed by atoms with Crippen LogP contribution in [0.2, 0.25) is 0 Å². The monoisotopic (exact) mass is 315 g/mol. The normalized spacial score (nSPS) is 19.1. The van der Waals surface area contributed by atoms with E-state index in [4.69, 9.17) is 10.1 Å². The van der Waals surface area contributed by atoms with E-state index in [1.165, 1.54) is 0 Å². The Morgan fingerprint density at radius 3 is 2.87 bits per heavy atom. The standard InChI is InChI=1S/C17H25N5O/c1-2-3-11-22-16(13-21-10-4-5-15(23)12-21)19-17(20-22)14-6-8-18-9-7-14/h6-9,15,23H,2-5,10-13H2,1H3/t15-/m0/s1. The van der Waals surface area contributed by atoms with Gasteiger partial charge < -0.3 is 5.11 Å². The van der Waals surface area contributed by atoms with E-state index in [1.807, 2.05) is 16.8 Å². The summed E-state index contributed by atoms with van der Waals surface area (Å²) in [5, 5.41) is 14.6. The van der Waals surface area contributed by atoms with Crippen molar-refractivity contribution in [3.63, 3.8) is 0 Å². The number of rotatable bonds is 6. The molecular formula is C17H25N5O. The van der Waals surface area contributed by atoms with Crippen LogP contribution in [0.1, 0.15) is 38.4 Å². The highest BCUT2D eigenvalue weighted by Crippen LogP contribution is 2.18. The molecular weight excluding hydrogens is 290 g/mol. The lowest BCUT2D eigenvalue weighted by Crippen LogP contribution is -2.38. The summed E-state index contributed by atoms with van der Waals surface area (Å²) in [5.41, 5.74) is 0.996. The highest BCUT2D eigenvalue weighted by molar-refractivity contribution is 5.53. The molecule has 1 aliphatic rings. The summed E-state index contributed by atoms with van der Waals surface area (Å²) in [4.78, 5) is 11.1. The minimum Gasteiger partial charge on any atom is -0.392 e. The van der Waals surface area contributed by atoms with Crippen LogP contribution in [-0.2, 0) is 13.1 Å². The summed E-state index contributed by atoms with van der Waals surface area (Å²) in [6.45, 7) is 5.56. The van der Waals surface area contributed by atoms with Gasteiger partial charge in [0, 0.05) is 31.0 Å². The molecule has 0 aromatic carbocycles. The summed E-state index contributed by atoms with van der Waals surface area (Å²) in [5.74, 6) is 1.75. The molecule has 0 bridgehead atoms. The Bertz CT molecular complexity index is 613. The van der Waals surface area contributed by atoms with E-state index >= 15 is 0 Å². The van der Waals surface area contributed by atoms with Crippen molar-refractivity contribution in [2.24, 2.45) is 0 Å². The Morgan fingerprint density at radius 1 is 1.30 bits per heavy atom. The molecule has 0 radical (unpaired) electrons. The van der Waals surface area contributed by atoms with Crippen molar-refractivity contribution in [1.82, 2.24) is 24.6 Å². The molecule has 2 aromatic heterocycles. The highest BCUT2D eigenvalue weighted by atomic mass is 16.3. The number of piperidine rings is 1. The summed E-state index contributed by atoms with van der Waals surface area (Å²) in [6, 6.07) is 3.88. The minimum absolute atomic E-state index is 0.213. The third-order valence-corrected chi connectivity index (χ3v) is 4.26. The van der Waals surface area contributed by atoms with E-state index in [2.05, 4.69) is 16.8 Å². The molecule has 1 fully saturated rings. The van der Waals surface area contributed by atoms with Crippen molar-refractivity contribution in [3.05, 3.63) is 30.4 Å². The zero-order valence-corrected chi connectivity index (χ0v) is 13.7. The molecule has 0 spiro atoms. The van der Waals surface area contributed by atoms with Gasteiger partial charge in [-0.2, -0.15) is 5.10 Å². The predicted octanol–water partition coefficient (Wildman–Crippen LogP) is 2.10. The lowest BCUT2D eigenvalue weighted by atomic mass is 10.1. The first-order chi connectivity index (χ1) is 11.3. The van der Waals surface area contributed by atoms with E-state index in [-0.39, 0.29) is 6.10 Å². The average Bonchev–Trinajstić information content (AvgIpc) is 2.96. The molecule has 0 saturated carbocycles. The number of hydrogen-bond acceptors (Lipinski definition) is 5. The second-order valence-electron chi connectivity index (χ2n) is 6.20. The van der Waals surface area contributed by atoms with Gasteiger partial charge in [0.15, 0.2) is 5.82 Å². The quantitative estimate of drug-likeness (QED) is 0.884. The molecule has 2 aromatic rings. The van der Waals surface area contributed by atoms with Crippen molar-refractivity contribution in [3.8, 4) is 11.4 Å². The summed E-state index contributed by atoms with van der Waals surface area (Å²) >= 11 is 0. The van der Waals surface area contributed by atoms with Crippen molar-refractivity contribution < 1.29 is 5.11 Å². The highest BCUT2D eigenvalue weighted by Gasteiger charge is 2.20. The number of pyridine rings is 1. The smallest absolute Gasteiger partial charge is 0.181 e. The molecule has 1 N–H and O–H groups in total. The number of aryl methyl sites for hydroxylation is 1. The van der Waals surface area contributed by atoms with Gasteiger partial charge >= 0.3 is 0 Å². The zero-order valence-electron chi connectivity index (χ0n) is 13.7. The fourth-order valence-corrected chi connectivity index (χ4v) is 2.98. The van der Waals surface area contributed by atoms with Crippen molar-refractivity contribution in [2.45, 2.75) is 51.8 Å². The van der Waals surface area contributed by atoms with E-state index < -0.39 is 0 Å². The predicted molar refractivity (Wildman–Crippen MR) is 88.7 cm³/mol. The summed E-state index contributed by atoms with van der Waals surface area (Å²) < 4.78 is 2.03. The van der Waals surface area contributed by atoms with Gasteiger partial charge in [0.05, 0.1) is 12.6 Å². The first kappa shape index (κ1) is 16.1. The molecule has 6 nitrogen and oxygen atoms in total. The van der Waals surface area contributed by atoms with Gasteiger partial charge in [0.1, 0.15) is 5.82 Å². The van der Waals surface area contributed by atoms with Crippen LogP contribution < -0.4 is 0 Å². The number of unbranched alkanes of at least 4 members (excludes halogenated alkanes) is 1. The SMILES string of the molecule is CCCCn1nc(-c2ccncc2)nc1CN1CCC[C@H](O)C1. The molecule has 1 atom stereocenters. The van der Waals surface area contributed by atoms with Gasteiger partial charge in [0.2, 0.25) is 0 Å². The number of hydrogen-bond donors (Lipinski definition) is 1. The molecule has 1 aliphatic heterocycles. The Balaban J connectivity index is 1.80. The number of β-amino-alcohol motifs (C(OH)–C–C–N with tert-alkyl or cyclic N) is 1. The van der Waals surface area contributed by atoms with Crippen LogP contribution in [0.3, 0.4) is 0 Å². The van der Waals surface area contributed by atoms with E-state index in [9.17, 15) is 5.11 Å². The fourth-order valence-electron chi connectivity index (χ4n) is 2.98. The maximum absolute atomic E-state index is 9.86. The third kappa shape index (κ3) is 4.14. The maximum atomic E-state index is 9.86. The Hall–Kier alpha value is -1.79. The zero-order chi connectivity index (χ0) is 16.1. The van der Waals surface area contributed by atoms with Gasteiger partial charge in [0.25, 0.3) is 0 Å². The van der Waals surface area contributed by atoms with Crippen LogP contribution in [0.4, 0.5) is 0 Å². The molecule has 6 heteroatoms. The molecule has 0 unspecified atom stereocenters. The van der Waals surface area contributed by atoms with Crippen molar-refractivity contribution in [2.75, 3.05) is 13.1 Å². The number of aliphatic hydroxyl groups is 1. The lowest BCUT2D eigenvalue weighted by Gasteiger charge is -2.29. The van der Waals surface area contributed by atoms with E-state index in [0.717, 1.165) is 69.1 Å². The number of aromatic nitrogens is 4. The third-order valence-electron chi connectivity index (χ3n) is 4.26. The topological polar surface area (TPSA) is 67.1 Å². The van der Waals surface area contributed by atoms with Gasteiger partial charge in [-0.3, -0.25) is 9.88 Å². The number of nitrogens with zero attached hydrogens (tertiary/aromatic N) is 5. The van der Waals surface area contributed by atoms with Crippen LogP contribution in [0, 0.1) is 0 Å². The minimum atomic E-state index is -0.213. The molecule has 0 amide bonds.